The van der Waals surface area contributed by atoms with Crippen molar-refractivity contribution >= 4 is 17.3 Å². The van der Waals surface area contributed by atoms with Gasteiger partial charge in [-0.05, 0) is 19.1 Å². The van der Waals surface area contributed by atoms with E-state index >= 15 is 0 Å². The summed E-state index contributed by atoms with van der Waals surface area (Å²) in [5.74, 6) is 2.01. The Hall–Kier alpha value is -2.65. The molecule has 1 aromatic carbocycles. The maximum Gasteiger partial charge on any atom is 0.136 e. The monoisotopic (exact) mass is 283 g/mol. The number of nitrogens with one attached hydrogen (secondary N) is 2. The number of aryl methyl sites for hydroxylation is 1. The van der Waals surface area contributed by atoms with Gasteiger partial charge in [-0.25, -0.2) is 9.97 Å². The van der Waals surface area contributed by atoms with E-state index in [-0.39, 0.29) is 0 Å². The zero-order valence-electron chi connectivity index (χ0n) is 12.1. The molecule has 1 heterocycles. The average molecular weight is 283 g/mol. The van der Waals surface area contributed by atoms with Gasteiger partial charge < -0.3 is 15.4 Å². The number of anilines is 3. The zero-order valence-corrected chi connectivity index (χ0v) is 12.1. The van der Waals surface area contributed by atoms with Gasteiger partial charge in [0, 0.05) is 19.7 Å². The van der Waals surface area contributed by atoms with Crippen molar-refractivity contribution in [2.45, 2.75) is 6.92 Å². The predicted molar refractivity (Wildman–Crippen MR) is 81.6 cm³/mol. The van der Waals surface area contributed by atoms with Gasteiger partial charge in [0.2, 0.25) is 0 Å². The molecule has 2 aromatic rings. The minimum absolute atomic E-state index is 0.572. The SMILES string of the molecule is COCCNc1cc(Nc2ccccc2C#N)nc(C)n1. The van der Waals surface area contributed by atoms with E-state index in [9.17, 15) is 0 Å². The van der Waals surface area contributed by atoms with Crippen molar-refractivity contribution in [2.24, 2.45) is 0 Å². The molecule has 2 N–H and O–H groups in total. The van der Waals surface area contributed by atoms with E-state index in [0.29, 0.717) is 30.4 Å². The lowest BCUT2D eigenvalue weighted by Gasteiger charge is -2.10. The topological polar surface area (TPSA) is 82.9 Å². The van der Waals surface area contributed by atoms with Crippen molar-refractivity contribution in [1.29, 1.82) is 5.26 Å². The molecule has 6 heteroatoms. The third-order valence-corrected chi connectivity index (χ3v) is 2.76. The van der Waals surface area contributed by atoms with Crippen LogP contribution in [0.15, 0.2) is 30.3 Å². The van der Waals surface area contributed by atoms with Crippen LogP contribution in [0.3, 0.4) is 0 Å². The van der Waals surface area contributed by atoms with E-state index in [1.807, 2.05) is 25.1 Å². The van der Waals surface area contributed by atoms with Crippen molar-refractivity contribution in [1.82, 2.24) is 9.97 Å². The smallest absolute Gasteiger partial charge is 0.136 e. The molecule has 0 aliphatic rings. The molecule has 0 radical (unpaired) electrons. The Morgan fingerprint density at radius 2 is 2.00 bits per heavy atom. The van der Waals surface area contributed by atoms with Crippen LogP contribution in [0.25, 0.3) is 0 Å². The van der Waals surface area contributed by atoms with Crippen LogP contribution in [0.2, 0.25) is 0 Å². The summed E-state index contributed by atoms with van der Waals surface area (Å²) in [6.45, 7) is 3.09. The summed E-state index contributed by atoms with van der Waals surface area (Å²) < 4.78 is 4.99. The molecular formula is C15H17N5O. The Bertz CT molecular complexity index is 651. The number of hydrogen-bond acceptors (Lipinski definition) is 6. The van der Waals surface area contributed by atoms with Gasteiger partial charge >= 0.3 is 0 Å². The number of methoxy groups -OCH3 is 1. The van der Waals surface area contributed by atoms with Gasteiger partial charge in [0.05, 0.1) is 17.9 Å². The first-order valence-corrected chi connectivity index (χ1v) is 6.57. The summed E-state index contributed by atoms with van der Waals surface area (Å²) in [6.07, 6.45) is 0. The van der Waals surface area contributed by atoms with Crippen LogP contribution < -0.4 is 10.6 Å². The molecule has 0 saturated carbocycles. The van der Waals surface area contributed by atoms with Gasteiger partial charge in [0.15, 0.2) is 0 Å². The quantitative estimate of drug-likeness (QED) is 0.792. The summed E-state index contributed by atoms with van der Waals surface area (Å²) in [7, 11) is 1.65. The third kappa shape index (κ3) is 4.16. The zero-order chi connectivity index (χ0) is 15.1. The number of benzene rings is 1. The molecule has 0 unspecified atom stereocenters. The summed E-state index contributed by atoms with van der Waals surface area (Å²) >= 11 is 0. The first-order valence-electron chi connectivity index (χ1n) is 6.57. The maximum absolute atomic E-state index is 9.10. The van der Waals surface area contributed by atoms with E-state index < -0.39 is 0 Å². The van der Waals surface area contributed by atoms with Gasteiger partial charge in [-0.1, -0.05) is 12.1 Å². The van der Waals surface area contributed by atoms with Crippen LogP contribution in [0.1, 0.15) is 11.4 Å². The van der Waals surface area contributed by atoms with Crippen LogP contribution in [-0.2, 0) is 4.74 Å². The minimum Gasteiger partial charge on any atom is -0.383 e. The second-order valence-electron chi connectivity index (χ2n) is 4.39. The van der Waals surface area contributed by atoms with Crippen molar-refractivity contribution in [3.63, 3.8) is 0 Å². The number of rotatable bonds is 6. The number of nitrogens with zero attached hydrogens (tertiary/aromatic N) is 3. The molecule has 108 valence electrons. The first-order chi connectivity index (χ1) is 10.2. The third-order valence-electron chi connectivity index (χ3n) is 2.76. The average Bonchev–Trinajstić information content (AvgIpc) is 2.47. The Morgan fingerprint density at radius 3 is 2.76 bits per heavy atom. The van der Waals surface area contributed by atoms with Crippen LogP contribution in [-0.4, -0.2) is 30.2 Å². The molecule has 0 fully saturated rings. The molecular weight excluding hydrogens is 266 g/mol. The van der Waals surface area contributed by atoms with Gasteiger partial charge in [-0.2, -0.15) is 5.26 Å². The molecule has 0 bridgehead atoms. The number of para-hydroxylation sites is 1. The molecule has 0 aliphatic heterocycles. The minimum atomic E-state index is 0.572. The van der Waals surface area contributed by atoms with Crippen molar-refractivity contribution in [3.05, 3.63) is 41.7 Å². The van der Waals surface area contributed by atoms with Crippen molar-refractivity contribution in [2.75, 3.05) is 30.9 Å². The molecule has 6 nitrogen and oxygen atoms in total. The predicted octanol–water partition coefficient (Wildman–Crippen LogP) is 2.46. The summed E-state index contributed by atoms with van der Waals surface area (Å²) in [6, 6.07) is 11.2. The molecule has 0 saturated heterocycles. The number of nitriles is 1. The van der Waals surface area contributed by atoms with E-state index in [2.05, 4.69) is 26.7 Å². The maximum atomic E-state index is 9.10. The standard InChI is InChI=1S/C15H17N5O/c1-11-18-14(17-7-8-21-2)9-15(19-11)20-13-6-4-3-5-12(13)10-16/h3-6,9H,7-8H2,1-2H3,(H2,17,18,19,20). The van der Waals surface area contributed by atoms with E-state index in [1.54, 1.807) is 19.2 Å². The molecule has 0 atom stereocenters. The lowest BCUT2D eigenvalue weighted by Crippen LogP contribution is -2.10. The highest BCUT2D eigenvalue weighted by Crippen LogP contribution is 2.20. The second-order valence-corrected chi connectivity index (χ2v) is 4.39. The highest BCUT2D eigenvalue weighted by atomic mass is 16.5. The highest BCUT2D eigenvalue weighted by molar-refractivity contribution is 5.65. The van der Waals surface area contributed by atoms with E-state index in [4.69, 9.17) is 10.00 Å². The molecule has 1 aromatic heterocycles. The van der Waals surface area contributed by atoms with Crippen LogP contribution in [0.5, 0.6) is 0 Å². The second kappa shape index (κ2) is 7.22. The van der Waals surface area contributed by atoms with Gasteiger partial charge in [-0.15, -0.1) is 0 Å². The molecule has 2 rings (SSSR count). The lowest BCUT2D eigenvalue weighted by molar-refractivity contribution is 0.210. The van der Waals surface area contributed by atoms with Crippen LogP contribution in [0.4, 0.5) is 17.3 Å². The fourth-order valence-electron chi connectivity index (χ4n) is 1.83. The normalized spacial score (nSPS) is 9.95. The van der Waals surface area contributed by atoms with Crippen LogP contribution in [0, 0.1) is 18.3 Å². The first kappa shape index (κ1) is 14.8. The molecule has 0 amide bonds. The number of aromatic nitrogens is 2. The fourth-order valence-corrected chi connectivity index (χ4v) is 1.83. The number of ether oxygens (including phenoxy) is 1. The lowest BCUT2D eigenvalue weighted by atomic mass is 10.2. The van der Waals surface area contributed by atoms with Gasteiger partial charge in [-0.3, -0.25) is 0 Å². The molecule has 0 spiro atoms. The largest absolute Gasteiger partial charge is 0.383 e. The van der Waals surface area contributed by atoms with Crippen LogP contribution >= 0.6 is 0 Å². The summed E-state index contributed by atoms with van der Waals surface area (Å²) in [5, 5.41) is 15.4. The summed E-state index contributed by atoms with van der Waals surface area (Å²) in [4.78, 5) is 8.64. The Kier molecular flexibility index (Phi) is 5.07. The van der Waals surface area contributed by atoms with E-state index in [1.165, 1.54) is 0 Å². The van der Waals surface area contributed by atoms with Gasteiger partial charge in [0.1, 0.15) is 23.5 Å². The van der Waals surface area contributed by atoms with Crippen molar-refractivity contribution in [3.8, 4) is 6.07 Å². The van der Waals surface area contributed by atoms with Crippen molar-refractivity contribution < 1.29 is 4.74 Å². The Balaban J connectivity index is 2.18. The Labute approximate surface area is 123 Å². The van der Waals surface area contributed by atoms with E-state index in [0.717, 1.165) is 11.5 Å². The van der Waals surface area contributed by atoms with Gasteiger partial charge in [0.25, 0.3) is 0 Å². The number of hydrogen-bond donors (Lipinski definition) is 2. The highest BCUT2D eigenvalue weighted by Gasteiger charge is 2.05. The molecule has 0 aliphatic carbocycles. The fraction of sp³-hybridized carbons (Fsp3) is 0.267. The Morgan fingerprint density at radius 1 is 1.24 bits per heavy atom. The molecule has 21 heavy (non-hydrogen) atoms. The summed E-state index contributed by atoms with van der Waals surface area (Å²) in [5.41, 5.74) is 1.29.